The normalized spacial score (nSPS) is 25.0. The molecule has 1 aromatic rings. The van der Waals surface area contributed by atoms with Gasteiger partial charge in [0, 0.05) is 24.2 Å². The summed E-state index contributed by atoms with van der Waals surface area (Å²) in [7, 11) is 0. The number of benzene rings is 1. The Morgan fingerprint density at radius 1 is 1.20 bits per heavy atom. The zero-order valence-corrected chi connectivity index (χ0v) is 13.0. The minimum atomic E-state index is 0. The summed E-state index contributed by atoms with van der Waals surface area (Å²) in [6.07, 6.45) is 3.41. The fourth-order valence-corrected chi connectivity index (χ4v) is 3.44. The van der Waals surface area contributed by atoms with Crippen LogP contribution < -0.4 is 5.32 Å². The molecule has 3 rings (SSSR count). The zero-order chi connectivity index (χ0) is 13.4. The van der Waals surface area contributed by atoms with Gasteiger partial charge >= 0.3 is 0 Å². The van der Waals surface area contributed by atoms with Crippen LogP contribution in [0.25, 0.3) is 0 Å². The van der Waals surface area contributed by atoms with Crippen molar-refractivity contribution >= 4 is 18.3 Å². The number of rotatable bonds is 1. The third-order valence-corrected chi connectivity index (χ3v) is 4.72. The van der Waals surface area contributed by atoms with E-state index in [0.29, 0.717) is 12.1 Å². The molecular formula is C16H23ClN2O. The maximum atomic E-state index is 12.9. The second-order valence-electron chi connectivity index (χ2n) is 5.84. The number of carbonyl (C=O) groups is 1. The molecule has 110 valence electrons. The molecule has 0 radical (unpaired) electrons. The van der Waals surface area contributed by atoms with Crippen LogP contribution in [0.2, 0.25) is 0 Å². The van der Waals surface area contributed by atoms with E-state index in [1.54, 1.807) is 0 Å². The molecule has 4 heteroatoms. The molecule has 0 aliphatic carbocycles. The largest absolute Gasteiger partial charge is 0.331 e. The first kappa shape index (κ1) is 15.3. The van der Waals surface area contributed by atoms with Gasteiger partial charge in [-0.3, -0.25) is 4.79 Å². The third-order valence-electron chi connectivity index (χ3n) is 4.72. The fourth-order valence-electron chi connectivity index (χ4n) is 3.44. The van der Waals surface area contributed by atoms with Crippen molar-refractivity contribution in [3.05, 3.63) is 34.9 Å². The van der Waals surface area contributed by atoms with E-state index in [4.69, 9.17) is 0 Å². The lowest BCUT2D eigenvalue weighted by Crippen LogP contribution is -2.42. The van der Waals surface area contributed by atoms with E-state index in [0.717, 1.165) is 37.1 Å². The number of aryl methyl sites for hydroxylation is 1. The van der Waals surface area contributed by atoms with E-state index in [1.165, 1.54) is 12.0 Å². The van der Waals surface area contributed by atoms with Crippen molar-refractivity contribution in [2.75, 3.05) is 13.1 Å². The summed E-state index contributed by atoms with van der Waals surface area (Å²) in [5.74, 6) is 0.234. The van der Waals surface area contributed by atoms with Gasteiger partial charge in [-0.1, -0.05) is 12.1 Å². The number of hydrogen-bond donors (Lipinski definition) is 1. The molecule has 0 spiro atoms. The van der Waals surface area contributed by atoms with Crippen molar-refractivity contribution in [1.82, 2.24) is 10.2 Å². The highest BCUT2D eigenvalue weighted by molar-refractivity contribution is 5.96. The summed E-state index contributed by atoms with van der Waals surface area (Å²) in [5.41, 5.74) is 3.22. The van der Waals surface area contributed by atoms with E-state index in [1.807, 2.05) is 12.1 Å². The Morgan fingerprint density at radius 3 is 2.75 bits per heavy atom. The second-order valence-corrected chi connectivity index (χ2v) is 5.84. The number of halogens is 1. The van der Waals surface area contributed by atoms with E-state index >= 15 is 0 Å². The van der Waals surface area contributed by atoms with Gasteiger partial charge in [-0.15, -0.1) is 12.4 Å². The molecule has 2 heterocycles. The van der Waals surface area contributed by atoms with Crippen LogP contribution in [-0.2, 0) is 0 Å². The van der Waals surface area contributed by atoms with Crippen LogP contribution in [0.1, 0.15) is 40.7 Å². The molecule has 2 bridgehead atoms. The average Bonchev–Trinajstić information content (AvgIpc) is 2.65. The number of nitrogens with one attached hydrogen (secondary N) is 1. The predicted octanol–water partition coefficient (Wildman–Crippen LogP) is 2.69. The van der Waals surface area contributed by atoms with Gasteiger partial charge in [0.1, 0.15) is 0 Å². The molecular weight excluding hydrogens is 272 g/mol. The van der Waals surface area contributed by atoms with E-state index < -0.39 is 0 Å². The SMILES string of the molecule is Cc1cccc(C(=O)N2C3CCNCC2CC3)c1C.Cl. The number of nitrogens with zero attached hydrogens (tertiary/aromatic N) is 1. The predicted molar refractivity (Wildman–Crippen MR) is 83.6 cm³/mol. The minimum absolute atomic E-state index is 0. The molecule has 2 unspecified atom stereocenters. The van der Waals surface area contributed by atoms with Crippen LogP contribution >= 0.6 is 12.4 Å². The van der Waals surface area contributed by atoms with Crippen molar-refractivity contribution in [3.8, 4) is 0 Å². The van der Waals surface area contributed by atoms with E-state index in [2.05, 4.69) is 30.1 Å². The highest BCUT2D eigenvalue weighted by atomic mass is 35.5. The molecule has 2 atom stereocenters. The lowest BCUT2D eigenvalue weighted by molar-refractivity contribution is 0.0679. The van der Waals surface area contributed by atoms with Crippen molar-refractivity contribution in [3.63, 3.8) is 0 Å². The molecule has 0 aromatic heterocycles. The summed E-state index contributed by atoms with van der Waals surface area (Å²) in [5, 5.41) is 3.45. The lowest BCUT2D eigenvalue weighted by Gasteiger charge is -2.28. The summed E-state index contributed by atoms with van der Waals surface area (Å²) >= 11 is 0. The van der Waals surface area contributed by atoms with Crippen LogP contribution in [-0.4, -0.2) is 36.0 Å². The molecule has 1 N–H and O–H groups in total. The summed E-state index contributed by atoms with van der Waals surface area (Å²) in [6.45, 7) is 6.12. The fraction of sp³-hybridized carbons (Fsp3) is 0.562. The van der Waals surface area contributed by atoms with Crippen LogP contribution in [0.4, 0.5) is 0 Å². The number of amides is 1. The molecule has 20 heavy (non-hydrogen) atoms. The van der Waals surface area contributed by atoms with Crippen molar-refractivity contribution in [2.24, 2.45) is 0 Å². The maximum Gasteiger partial charge on any atom is 0.254 e. The quantitative estimate of drug-likeness (QED) is 0.864. The van der Waals surface area contributed by atoms with Gasteiger partial charge in [0.15, 0.2) is 0 Å². The first-order valence-corrected chi connectivity index (χ1v) is 7.28. The van der Waals surface area contributed by atoms with Crippen molar-refractivity contribution in [1.29, 1.82) is 0 Å². The smallest absolute Gasteiger partial charge is 0.254 e. The van der Waals surface area contributed by atoms with E-state index in [-0.39, 0.29) is 18.3 Å². The number of hydrogen-bond acceptors (Lipinski definition) is 2. The monoisotopic (exact) mass is 294 g/mol. The van der Waals surface area contributed by atoms with Gasteiger partial charge in [0.25, 0.3) is 5.91 Å². The van der Waals surface area contributed by atoms with E-state index in [9.17, 15) is 4.79 Å². The Hall–Kier alpha value is -1.06. The molecule has 2 fully saturated rings. The Labute approximate surface area is 127 Å². The van der Waals surface area contributed by atoms with Gasteiger partial charge < -0.3 is 10.2 Å². The van der Waals surface area contributed by atoms with Gasteiger partial charge in [-0.25, -0.2) is 0 Å². The molecule has 3 nitrogen and oxygen atoms in total. The summed E-state index contributed by atoms with van der Waals surface area (Å²) in [4.78, 5) is 15.0. The van der Waals surface area contributed by atoms with Crippen LogP contribution in [0.5, 0.6) is 0 Å². The topological polar surface area (TPSA) is 32.3 Å². The first-order valence-electron chi connectivity index (χ1n) is 7.28. The Balaban J connectivity index is 0.00000147. The van der Waals surface area contributed by atoms with Gasteiger partial charge in [-0.2, -0.15) is 0 Å². The molecule has 2 aliphatic heterocycles. The van der Waals surface area contributed by atoms with Crippen LogP contribution in [0.15, 0.2) is 18.2 Å². The summed E-state index contributed by atoms with van der Waals surface area (Å²) in [6, 6.07) is 6.87. The van der Waals surface area contributed by atoms with Gasteiger partial charge in [0.2, 0.25) is 0 Å². The second kappa shape index (κ2) is 6.15. The molecule has 1 amide bonds. The lowest BCUT2D eigenvalue weighted by atomic mass is 10.0. The average molecular weight is 295 g/mol. The number of fused-ring (bicyclic) bond motifs is 2. The highest BCUT2D eigenvalue weighted by Gasteiger charge is 2.38. The van der Waals surface area contributed by atoms with Crippen LogP contribution in [0.3, 0.4) is 0 Å². The zero-order valence-electron chi connectivity index (χ0n) is 12.2. The third kappa shape index (κ3) is 2.57. The number of carbonyl (C=O) groups excluding carboxylic acids is 1. The Morgan fingerprint density at radius 2 is 1.95 bits per heavy atom. The Kier molecular flexibility index (Phi) is 4.71. The highest BCUT2D eigenvalue weighted by Crippen LogP contribution is 2.30. The molecule has 2 aliphatic rings. The molecule has 0 saturated carbocycles. The molecule has 2 saturated heterocycles. The first-order chi connectivity index (χ1) is 9.18. The summed E-state index contributed by atoms with van der Waals surface area (Å²) < 4.78 is 0. The molecule has 1 aromatic carbocycles. The van der Waals surface area contributed by atoms with Crippen LogP contribution in [0, 0.1) is 13.8 Å². The Bertz CT molecular complexity index is 489. The van der Waals surface area contributed by atoms with Crippen molar-refractivity contribution < 1.29 is 4.79 Å². The maximum absolute atomic E-state index is 12.9. The standard InChI is InChI=1S/C16H22N2O.ClH/c1-11-4-3-5-15(12(11)2)16(19)18-13-6-7-14(18)10-17-9-8-13;/h3-5,13-14,17H,6-10H2,1-2H3;1H. The minimum Gasteiger partial charge on any atom is -0.331 e. The van der Waals surface area contributed by atoms with Gasteiger partial charge in [0.05, 0.1) is 0 Å². The van der Waals surface area contributed by atoms with Gasteiger partial charge in [-0.05, 0) is 56.8 Å². The van der Waals surface area contributed by atoms with Crippen molar-refractivity contribution in [2.45, 2.75) is 45.2 Å².